The number of hydrogen-bond donors (Lipinski definition) is 2. The summed E-state index contributed by atoms with van der Waals surface area (Å²) in [7, 11) is -1.46. The molecule has 12 heteroatoms. The molecule has 1 fully saturated rings. The second-order valence-corrected chi connectivity index (χ2v) is 13.3. The number of nitriles is 1. The summed E-state index contributed by atoms with van der Waals surface area (Å²) in [6, 6.07) is 2.47. The number of nitrogens with zero attached hydrogens (tertiary/aromatic N) is 4. The fourth-order valence-electron chi connectivity index (χ4n) is 4.76. The van der Waals surface area contributed by atoms with E-state index in [1.54, 1.807) is 27.0 Å². The van der Waals surface area contributed by atoms with Crippen LogP contribution in [0.2, 0.25) is 0 Å². The number of carbonyl (C=O) groups is 1. The van der Waals surface area contributed by atoms with Gasteiger partial charge in [-0.2, -0.15) is 10.2 Å². The minimum atomic E-state index is -1.46. The molecule has 4 atom stereocenters. The predicted molar refractivity (Wildman–Crippen MR) is 165 cm³/mol. The maximum atomic E-state index is 13.3. The molecule has 0 aliphatic carbocycles. The minimum absolute atomic E-state index is 0.0681. The van der Waals surface area contributed by atoms with Crippen LogP contribution >= 0.6 is 8.53 Å². The van der Waals surface area contributed by atoms with Gasteiger partial charge < -0.3 is 18.4 Å². The zero-order valence-electron chi connectivity index (χ0n) is 26.3. The van der Waals surface area contributed by atoms with E-state index in [0.717, 1.165) is 0 Å². The topological polar surface area (TPSA) is 134 Å². The van der Waals surface area contributed by atoms with Crippen molar-refractivity contribution in [2.24, 2.45) is 5.41 Å². The third-order valence-electron chi connectivity index (χ3n) is 6.78. The Bertz CT molecular complexity index is 1390. The van der Waals surface area contributed by atoms with Crippen molar-refractivity contribution in [3.8, 4) is 17.9 Å². The molecule has 2 aromatic rings. The Kier molecular flexibility index (Phi) is 11.7. The molecule has 1 aliphatic rings. The van der Waals surface area contributed by atoms with Gasteiger partial charge in [0.05, 0.1) is 42.3 Å². The lowest BCUT2D eigenvalue weighted by atomic mass is 9.96. The Morgan fingerprint density at radius 1 is 1.31 bits per heavy atom. The normalized spacial score (nSPS) is 19.7. The molecule has 2 aromatic heterocycles. The van der Waals surface area contributed by atoms with Crippen LogP contribution in [0.3, 0.4) is 0 Å². The highest BCUT2D eigenvalue weighted by molar-refractivity contribution is 7.44. The fourth-order valence-corrected chi connectivity index (χ4v) is 6.52. The Labute approximate surface area is 250 Å². The van der Waals surface area contributed by atoms with E-state index in [-0.39, 0.29) is 54.7 Å². The van der Waals surface area contributed by atoms with Crippen molar-refractivity contribution in [3.63, 3.8) is 0 Å². The standard InChI is InChI=1S/C30H45N6O5P/c1-10-12-14-21-18-35(26-25(21)27(37)33-29(32-26)34-28(38)30(7,8)9)24-17-23(22(11-2)40-24)41-42(39-16-13-15-31)36(19(3)4)20(5)6/h18-20,22-24H,10-11,13,16-17H2,1-9H3,(H2,32,33,34,37,38)/t22-,23?,24-,42?/m1/s1. The largest absolute Gasteiger partial charge is 0.352 e. The molecule has 1 aliphatic heterocycles. The molecular formula is C30H45N6O5P. The molecule has 2 unspecified atom stereocenters. The van der Waals surface area contributed by atoms with Gasteiger partial charge in [0.2, 0.25) is 11.9 Å². The summed E-state index contributed by atoms with van der Waals surface area (Å²) in [4.78, 5) is 33.3. The maximum Gasteiger partial charge on any atom is 0.263 e. The van der Waals surface area contributed by atoms with Gasteiger partial charge >= 0.3 is 0 Å². The van der Waals surface area contributed by atoms with E-state index in [2.05, 4.69) is 65.6 Å². The first-order valence-electron chi connectivity index (χ1n) is 14.7. The van der Waals surface area contributed by atoms with Crippen molar-refractivity contribution < 1.29 is 18.6 Å². The summed E-state index contributed by atoms with van der Waals surface area (Å²) in [5, 5.41) is 12.1. The van der Waals surface area contributed by atoms with Gasteiger partial charge in [-0.05, 0) is 34.1 Å². The predicted octanol–water partition coefficient (Wildman–Crippen LogP) is 5.83. The van der Waals surface area contributed by atoms with E-state index >= 15 is 0 Å². The molecule has 1 saturated heterocycles. The molecule has 230 valence electrons. The average Bonchev–Trinajstić information content (AvgIpc) is 3.47. The number of nitrogens with one attached hydrogen (secondary N) is 2. The van der Waals surface area contributed by atoms with Crippen molar-refractivity contribution in [3.05, 3.63) is 22.1 Å². The van der Waals surface area contributed by atoms with Gasteiger partial charge in [0.25, 0.3) is 14.1 Å². The van der Waals surface area contributed by atoms with Gasteiger partial charge in [-0.3, -0.25) is 19.9 Å². The van der Waals surface area contributed by atoms with E-state index in [4.69, 9.17) is 19.0 Å². The van der Waals surface area contributed by atoms with Gasteiger partial charge in [-0.25, -0.2) is 4.67 Å². The molecule has 1 amide bonds. The molecular weight excluding hydrogens is 555 g/mol. The van der Waals surface area contributed by atoms with Crippen LogP contribution in [0.15, 0.2) is 11.0 Å². The quantitative estimate of drug-likeness (QED) is 0.187. The van der Waals surface area contributed by atoms with Gasteiger partial charge in [0, 0.05) is 36.5 Å². The first-order chi connectivity index (χ1) is 19.8. The van der Waals surface area contributed by atoms with Gasteiger partial charge in [0.1, 0.15) is 6.23 Å². The number of anilines is 1. The van der Waals surface area contributed by atoms with Crippen LogP contribution in [-0.2, 0) is 18.6 Å². The molecule has 2 N–H and O–H groups in total. The molecule has 3 heterocycles. The first-order valence-corrected chi connectivity index (χ1v) is 15.8. The highest BCUT2D eigenvalue weighted by Crippen LogP contribution is 2.50. The van der Waals surface area contributed by atoms with E-state index in [1.807, 2.05) is 18.4 Å². The van der Waals surface area contributed by atoms with E-state index < -0.39 is 20.2 Å². The minimum Gasteiger partial charge on any atom is -0.352 e. The van der Waals surface area contributed by atoms with E-state index in [9.17, 15) is 9.59 Å². The number of H-pyrrole nitrogens is 1. The van der Waals surface area contributed by atoms with Crippen LogP contribution in [0.4, 0.5) is 5.95 Å². The van der Waals surface area contributed by atoms with Gasteiger partial charge in [-0.15, -0.1) is 0 Å². The molecule has 42 heavy (non-hydrogen) atoms. The van der Waals surface area contributed by atoms with Crippen molar-refractivity contribution in [1.82, 2.24) is 19.2 Å². The second kappa shape index (κ2) is 14.6. The van der Waals surface area contributed by atoms with Gasteiger partial charge in [-0.1, -0.05) is 46.5 Å². The lowest BCUT2D eigenvalue weighted by molar-refractivity contribution is -0.123. The Morgan fingerprint density at radius 2 is 2.00 bits per heavy atom. The summed E-state index contributed by atoms with van der Waals surface area (Å²) < 4.78 is 23.3. The Morgan fingerprint density at radius 3 is 2.57 bits per heavy atom. The third-order valence-corrected chi connectivity index (χ3v) is 8.93. The lowest BCUT2D eigenvalue weighted by Gasteiger charge is -2.37. The second-order valence-electron chi connectivity index (χ2n) is 11.9. The summed E-state index contributed by atoms with van der Waals surface area (Å²) >= 11 is 0. The highest BCUT2D eigenvalue weighted by atomic mass is 31.2. The number of amides is 1. The maximum absolute atomic E-state index is 13.3. The zero-order chi connectivity index (χ0) is 31.2. The van der Waals surface area contributed by atoms with Gasteiger partial charge in [0.15, 0.2) is 5.65 Å². The molecule has 0 spiro atoms. The molecule has 0 radical (unpaired) electrons. The third kappa shape index (κ3) is 7.98. The highest BCUT2D eigenvalue weighted by Gasteiger charge is 2.41. The SMILES string of the molecule is CCC#Cc1cn([C@H]2CC(OP(OCCC#N)N(C(C)C)C(C)C)[C@@H](CC)O2)c2nc(NC(=O)C(C)(C)C)[nH]c(=O)c12. The van der Waals surface area contributed by atoms with Crippen LogP contribution in [0.1, 0.15) is 99.8 Å². The van der Waals surface area contributed by atoms with Crippen molar-refractivity contribution in [2.45, 2.75) is 119 Å². The van der Waals surface area contributed by atoms with Crippen molar-refractivity contribution >= 4 is 31.4 Å². The fraction of sp³-hybridized carbons (Fsp3) is 0.667. The van der Waals surface area contributed by atoms with Crippen molar-refractivity contribution in [1.29, 1.82) is 5.26 Å². The molecule has 0 bridgehead atoms. The number of aromatic nitrogens is 3. The van der Waals surface area contributed by atoms with Crippen molar-refractivity contribution in [2.75, 3.05) is 11.9 Å². The monoisotopic (exact) mass is 600 g/mol. The smallest absolute Gasteiger partial charge is 0.263 e. The molecule has 11 nitrogen and oxygen atoms in total. The number of fused-ring (bicyclic) bond motifs is 1. The number of ether oxygens (including phenoxy) is 1. The van der Waals surface area contributed by atoms with Crippen LogP contribution in [-0.4, -0.2) is 56.0 Å². The lowest BCUT2D eigenvalue weighted by Crippen LogP contribution is -2.35. The molecule has 3 rings (SSSR count). The summed E-state index contributed by atoms with van der Waals surface area (Å²) in [6.45, 7) is 18.0. The Hall–Kier alpha value is -2.79. The number of aromatic amines is 1. The number of rotatable bonds is 11. The van der Waals surface area contributed by atoms with Crippen LogP contribution in [0, 0.1) is 28.6 Å². The summed E-state index contributed by atoms with van der Waals surface area (Å²) in [5.41, 5.74) is -0.139. The first kappa shape index (κ1) is 33.7. The number of carbonyl (C=O) groups excluding carboxylic acids is 1. The zero-order valence-corrected chi connectivity index (χ0v) is 27.2. The van der Waals surface area contributed by atoms with E-state index in [1.165, 1.54) is 0 Å². The van der Waals surface area contributed by atoms with Crippen LogP contribution < -0.4 is 10.9 Å². The average molecular weight is 601 g/mol. The Balaban J connectivity index is 2.01. The molecule has 0 saturated carbocycles. The van der Waals surface area contributed by atoms with Crippen LogP contribution in [0.25, 0.3) is 11.0 Å². The molecule has 0 aromatic carbocycles. The van der Waals surface area contributed by atoms with Crippen LogP contribution in [0.5, 0.6) is 0 Å². The summed E-state index contributed by atoms with van der Waals surface area (Å²) in [5.74, 6) is 5.93. The summed E-state index contributed by atoms with van der Waals surface area (Å²) in [6.07, 6.45) is 2.89. The number of hydrogen-bond acceptors (Lipinski definition) is 8. The van der Waals surface area contributed by atoms with E-state index in [0.29, 0.717) is 35.9 Å².